The highest BCUT2D eigenvalue weighted by Gasteiger charge is 2.31. The number of furan rings is 1. The van der Waals surface area contributed by atoms with Crippen LogP contribution in [0.1, 0.15) is 19.1 Å². The Kier molecular flexibility index (Phi) is 4.94. The van der Waals surface area contributed by atoms with Crippen LogP contribution in [0.3, 0.4) is 0 Å². The summed E-state index contributed by atoms with van der Waals surface area (Å²) in [6, 6.07) is 3.48. The average molecular weight is 294 g/mol. The van der Waals surface area contributed by atoms with E-state index in [0.29, 0.717) is 17.5 Å². The molecule has 1 aromatic rings. The molecule has 1 fully saturated rings. The molecule has 2 heterocycles. The fourth-order valence-corrected chi connectivity index (χ4v) is 2.45. The van der Waals surface area contributed by atoms with Crippen LogP contribution in [0.25, 0.3) is 0 Å². The number of hydrogen-bond acceptors (Lipinski definition) is 6. The van der Waals surface area contributed by atoms with Gasteiger partial charge in [-0.25, -0.2) is 0 Å². The van der Waals surface area contributed by atoms with Gasteiger partial charge in [0, 0.05) is 13.0 Å². The number of thioether (sulfide) groups is 1. The number of hydrogen-bond donors (Lipinski definition) is 2. The van der Waals surface area contributed by atoms with Crippen molar-refractivity contribution in [2.75, 3.05) is 6.54 Å². The molecule has 106 valence electrons. The summed E-state index contributed by atoms with van der Waals surface area (Å²) < 4.78 is 5.05. The van der Waals surface area contributed by atoms with Crippen molar-refractivity contribution in [1.82, 2.24) is 10.6 Å². The largest absolute Gasteiger partial charge is 0.463 e. The molecule has 0 radical (unpaired) electrons. The summed E-state index contributed by atoms with van der Waals surface area (Å²) in [7, 11) is 0. The Morgan fingerprint density at radius 2 is 2.50 bits per heavy atom. The predicted octanol–water partition coefficient (Wildman–Crippen LogP) is 0.727. The first-order chi connectivity index (χ1) is 9.69. The molecule has 0 bridgehead atoms. The number of carbonyl (C=O) groups is 2. The molecule has 1 aliphatic rings. The van der Waals surface area contributed by atoms with Crippen LogP contribution in [-0.4, -0.2) is 35.0 Å². The highest BCUT2D eigenvalue weighted by atomic mass is 32.2. The Balaban J connectivity index is 1.89. The monoisotopic (exact) mass is 294 g/mol. The maximum atomic E-state index is 11.7. The van der Waals surface area contributed by atoms with Gasteiger partial charge in [-0.15, -0.1) is 5.10 Å². The van der Waals surface area contributed by atoms with Gasteiger partial charge >= 0.3 is 0 Å². The molecule has 2 rings (SSSR count). The number of nitrogens with zero attached hydrogens (tertiary/aromatic N) is 2. The summed E-state index contributed by atoms with van der Waals surface area (Å²) in [5.74, 6) is 0.191. The zero-order chi connectivity index (χ0) is 14.4. The van der Waals surface area contributed by atoms with E-state index < -0.39 is 5.25 Å². The summed E-state index contributed by atoms with van der Waals surface area (Å²) in [5, 5.41) is 12.8. The third-order valence-corrected chi connectivity index (χ3v) is 3.47. The quantitative estimate of drug-likeness (QED) is 0.618. The number of carbonyl (C=O) groups excluding carboxylic acids is 2. The molecule has 1 aliphatic heterocycles. The van der Waals surface area contributed by atoms with Crippen LogP contribution in [0, 0.1) is 0 Å². The van der Waals surface area contributed by atoms with Crippen LogP contribution in [0.15, 0.2) is 33.0 Å². The molecule has 0 aromatic carbocycles. The topological polar surface area (TPSA) is 96.1 Å². The molecular weight excluding hydrogens is 280 g/mol. The lowest BCUT2D eigenvalue weighted by Gasteiger charge is -2.04. The molecule has 8 heteroatoms. The van der Waals surface area contributed by atoms with Crippen molar-refractivity contribution < 1.29 is 14.0 Å². The van der Waals surface area contributed by atoms with Gasteiger partial charge in [-0.3, -0.25) is 9.59 Å². The molecule has 0 spiro atoms. The zero-order valence-corrected chi connectivity index (χ0v) is 11.6. The van der Waals surface area contributed by atoms with Crippen LogP contribution in [0.4, 0.5) is 0 Å². The Morgan fingerprint density at radius 3 is 3.20 bits per heavy atom. The number of amidine groups is 1. The van der Waals surface area contributed by atoms with E-state index in [9.17, 15) is 9.59 Å². The van der Waals surface area contributed by atoms with Gasteiger partial charge in [0.25, 0.3) is 0 Å². The van der Waals surface area contributed by atoms with E-state index in [1.165, 1.54) is 24.2 Å². The van der Waals surface area contributed by atoms with Gasteiger partial charge in [-0.1, -0.05) is 11.8 Å². The van der Waals surface area contributed by atoms with E-state index in [0.717, 1.165) is 0 Å². The van der Waals surface area contributed by atoms with E-state index in [4.69, 9.17) is 4.42 Å². The molecule has 2 N–H and O–H groups in total. The van der Waals surface area contributed by atoms with Crippen molar-refractivity contribution >= 4 is 35.0 Å². The van der Waals surface area contributed by atoms with Gasteiger partial charge in [-0.2, -0.15) is 5.10 Å². The first kappa shape index (κ1) is 14.3. The third-order valence-electron chi connectivity index (χ3n) is 2.40. The molecule has 1 unspecified atom stereocenters. The SMILES string of the molecule is CCNC(=O)CC1S/C(=N\N=C\c2ccco2)NC1=O. The van der Waals surface area contributed by atoms with Gasteiger partial charge in [0.15, 0.2) is 5.17 Å². The van der Waals surface area contributed by atoms with Crippen molar-refractivity contribution in [3.63, 3.8) is 0 Å². The van der Waals surface area contributed by atoms with Crippen LogP contribution in [0.5, 0.6) is 0 Å². The third kappa shape index (κ3) is 3.95. The van der Waals surface area contributed by atoms with Crippen LogP contribution < -0.4 is 10.6 Å². The lowest BCUT2D eigenvalue weighted by molar-refractivity contribution is -0.125. The van der Waals surface area contributed by atoms with E-state index in [1.807, 2.05) is 6.92 Å². The lowest BCUT2D eigenvalue weighted by atomic mass is 10.3. The van der Waals surface area contributed by atoms with Crippen LogP contribution in [0.2, 0.25) is 0 Å². The molecule has 20 heavy (non-hydrogen) atoms. The minimum absolute atomic E-state index is 0.130. The maximum absolute atomic E-state index is 11.7. The Bertz CT molecular complexity index is 539. The lowest BCUT2D eigenvalue weighted by Crippen LogP contribution is -2.31. The van der Waals surface area contributed by atoms with Crippen LogP contribution >= 0.6 is 11.8 Å². The fourth-order valence-electron chi connectivity index (χ4n) is 1.53. The minimum Gasteiger partial charge on any atom is -0.463 e. The highest BCUT2D eigenvalue weighted by Crippen LogP contribution is 2.22. The van der Waals surface area contributed by atoms with Crippen molar-refractivity contribution in [2.45, 2.75) is 18.6 Å². The number of nitrogens with one attached hydrogen (secondary N) is 2. The zero-order valence-electron chi connectivity index (χ0n) is 10.8. The Labute approximate surface area is 119 Å². The van der Waals surface area contributed by atoms with E-state index in [1.54, 1.807) is 12.1 Å². The van der Waals surface area contributed by atoms with E-state index >= 15 is 0 Å². The summed E-state index contributed by atoms with van der Waals surface area (Å²) >= 11 is 1.19. The predicted molar refractivity (Wildman–Crippen MR) is 76.6 cm³/mol. The van der Waals surface area contributed by atoms with Gasteiger partial charge < -0.3 is 15.1 Å². The second-order valence-corrected chi connectivity index (χ2v) is 5.11. The minimum atomic E-state index is -0.459. The standard InChI is InChI=1S/C12H14N4O3S/c1-2-13-10(17)6-9-11(18)15-12(20-9)16-14-7-8-4-3-5-19-8/h3-5,7,9H,2,6H2,1H3,(H,13,17)(H,15,16,18)/b14-7+. The van der Waals surface area contributed by atoms with Crippen molar-refractivity contribution in [2.24, 2.45) is 10.2 Å². The van der Waals surface area contributed by atoms with Crippen LogP contribution in [-0.2, 0) is 9.59 Å². The van der Waals surface area contributed by atoms with Crippen molar-refractivity contribution in [3.8, 4) is 0 Å². The first-order valence-electron chi connectivity index (χ1n) is 6.07. The van der Waals surface area contributed by atoms with Crippen molar-refractivity contribution in [1.29, 1.82) is 0 Å². The molecule has 1 saturated heterocycles. The maximum Gasteiger partial charge on any atom is 0.240 e. The van der Waals surface area contributed by atoms with Crippen molar-refractivity contribution in [3.05, 3.63) is 24.2 Å². The Hall–Kier alpha value is -2.09. The summed E-state index contributed by atoms with van der Waals surface area (Å²) in [6.07, 6.45) is 3.10. The number of amides is 2. The van der Waals surface area contributed by atoms with Gasteiger partial charge in [0.05, 0.1) is 12.5 Å². The second kappa shape index (κ2) is 6.90. The molecule has 0 aliphatic carbocycles. The fraction of sp³-hybridized carbons (Fsp3) is 0.333. The smallest absolute Gasteiger partial charge is 0.240 e. The number of rotatable bonds is 5. The molecule has 0 saturated carbocycles. The summed E-state index contributed by atoms with van der Waals surface area (Å²) in [5.41, 5.74) is 0. The van der Waals surface area contributed by atoms with E-state index in [2.05, 4.69) is 20.8 Å². The highest BCUT2D eigenvalue weighted by molar-refractivity contribution is 8.15. The summed E-state index contributed by atoms with van der Waals surface area (Å²) in [4.78, 5) is 23.1. The normalized spacial score (nSPS) is 20.6. The molecule has 7 nitrogen and oxygen atoms in total. The molecule has 1 atom stereocenters. The first-order valence-corrected chi connectivity index (χ1v) is 6.95. The Morgan fingerprint density at radius 1 is 1.65 bits per heavy atom. The van der Waals surface area contributed by atoms with Gasteiger partial charge in [0.1, 0.15) is 11.0 Å². The average Bonchev–Trinajstić information content (AvgIpc) is 3.01. The molecule has 2 amide bonds. The summed E-state index contributed by atoms with van der Waals surface area (Å²) in [6.45, 7) is 2.38. The second-order valence-electron chi connectivity index (χ2n) is 3.92. The van der Waals surface area contributed by atoms with Gasteiger partial charge in [0.2, 0.25) is 11.8 Å². The molecular formula is C12H14N4O3S. The van der Waals surface area contributed by atoms with E-state index in [-0.39, 0.29) is 18.2 Å². The van der Waals surface area contributed by atoms with Gasteiger partial charge in [-0.05, 0) is 19.1 Å². The molecule has 1 aromatic heterocycles.